The topological polar surface area (TPSA) is 50.8 Å². The van der Waals surface area contributed by atoms with Crippen LogP contribution in [0.5, 0.6) is 11.5 Å². The summed E-state index contributed by atoms with van der Waals surface area (Å²) in [5.41, 5.74) is 0.984. The maximum atomic E-state index is 12.3. The van der Waals surface area contributed by atoms with Crippen LogP contribution in [0.4, 0.5) is 13.2 Å². The molecule has 1 aliphatic rings. The third-order valence-electron chi connectivity index (χ3n) is 4.51. The number of nitrogens with one attached hydrogen (secondary N) is 1. The lowest BCUT2D eigenvalue weighted by Crippen LogP contribution is -2.44. The number of alkyl halides is 4. The van der Waals surface area contributed by atoms with Crippen LogP contribution in [0.2, 0.25) is 0 Å². The quantitative estimate of drug-likeness (QED) is 0.488. The van der Waals surface area contributed by atoms with E-state index in [1.165, 1.54) is 0 Å². The van der Waals surface area contributed by atoms with Gasteiger partial charge in [0.15, 0.2) is 11.5 Å². The Morgan fingerprint density at radius 3 is 2.82 bits per heavy atom. The van der Waals surface area contributed by atoms with Crippen LogP contribution in [0.3, 0.4) is 0 Å². The van der Waals surface area contributed by atoms with Crippen molar-refractivity contribution in [3.63, 3.8) is 0 Å². The van der Waals surface area contributed by atoms with E-state index in [0.29, 0.717) is 43.5 Å². The summed E-state index contributed by atoms with van der Waals surface area (Å²) in [5.74, 6) is 0.800. The zero-order valence-corrected chi connectivity index (χ0v) is 16.6. The fraction of sp³-hybridized carbons (Fsp3) is 0.632. The van der Waals surface area contributed by atoms with Gasteiger partial charge in [-0.25, -0.2) is 0 Å². The second-order valence-corrected chi connectivity index (χ2v) is 7.16. The predicted molar refractivity (Wildman–Crippen MR) is 101 cm³/mol. The van der Waals surface area contributed by atoms with Crippen LogP contribution >= 0.6 is 11.6 Å². The first-order valence-electron chi connectivity index (χ1n) is 9.25. The van der Waals surface area contributed by atoms with Gasteiger partial charge in [0, 0.05) is 19.0 Å². The maximum absolute atomic E-state index is 12.3. The minimum absolute atomic E-state index is 0.431. The summed E-state index contributed by atoms with van der Waals surface area (Å²) in [7, 11) is 1.56. The number of carbonyl (C=O) groups is 1. The number of rotatable bonds is 9. The van der Waals surface area contributed by atoms with Gasteiger partial charge in [0.1, 0.15) is 6.54 Å². The zero-order valence-electron chi connectivity index (χ0n) is 15.9. The number of likely N-dealkylation sites (tertiary alicyclic amines) is 1. The van der Waals surface area contributed by atoms with Crippen LogP contribution in [0.1, 0.15) is 24.8 Å². The minimum Gasteiger partial charge on any atom is -0.493 e. The normalized spacial score (nSPS) is 18.0. The molecule has 0 unspecified atom stereocenters. The number of carbonyl (C=O) groups excluding carboxylic acids is 1. The molecule has 1 heterocycles. The lowest BCUT2D eigenvalue weighted by molar-refractivity contribution is -0.141. The van der Waals surface area contributed by atoms with Crippen molar-refractivity contribution in [2.75, 3.05) is 39.2 Å². The molecular weight excluding hydrogens is 397 g/mol. The van der Waals surface area contributed by atoms with Gasteiger partial charge in [0.25, 0.3) is 0 Å². The number of ether oxygens (including phenoxy) is 2. The average Bonchev–Trinajstić information content (AvgIpc) is 2.67. The number of nitrogens with zero attached hydrogens (tertiary/aromatic N) is 1. The van der Waals surface area contributed by atoms with Gasteiger partial charge in [-0.1, -0.05) is 6.07 Å². The summed E-state index contributed by atoms with van der Waals surface area (Å²) in [6, 6.07) is 5.63. The van der Waals surface area contributed by atoms with Gasteiger partial charge in [-0.05, 0) is 43.5 Å². The molecule has 1 aliphatic heterocycles. The molecule has 1 N–H and O–H groups in total. The van der Waals surface area contributed by atoms with Crippen molar-refractivity contribution in [2.45, 2.75) is 32.0 Å². The molecule has 0 bridgehead atoms. The highest BCUT2D eigenvalue weighted by molar-refractivity contribution is 6.17. The molecule has 0 aromatic heterocycles. The van der Waals surface area contributed by atoms with E-state index in [2.05, 4.69) is 4.90 Å². The molecule has 1 amide bonds. The smallest absolute Gasteiger partial charge is 0.405 e. The molecule has 1 aromatic rings. The summed E-state index contributed by atoms with van der Waals surface area (Å²) in [6.07, 6.45) is -2.30. The molecular formula is C19H26ClF3N2O3. The van der Waals surface area contributed by atoms with Gasteiger partial charge in [-0.15, -0.1) is 11.6 Å². The second kappa shape index (κ2) is 10.8. The van der Waals surface area contributed by atoms with Crippen molar-refractivity contribution >= 4 is 17.5 Å². The number of hydrogen-bond donors (Lipinski definition) is 1. The first kappa shape index (κ1) is 22.6. The summed E-state index contributed by atoms with van der Waals surface area (Å²) in [6.45, 7) is 1.02. The van der Waals surface area contributed by atoms with Crippen LogP contribution in [0.15, 0.2) is 18.2 Å². The van der Waals surface area contributed by atoms with Gasteiger partial charge in [0.05, 0.1) is 19.6 Å². The zero-order chi connectivity index (χ0) is 20.6. The fourth-order valence-electron chi connectivity index (χ4n) is 3.17. The molecule has 1 aromatic carbocycles. The molecule has 0 aliphatic carbocycles. The highest BCUT2D eigenvalue weighted by atomic mass is 35.5. The molecule has 0 spiro atoms. The highest BCUT2D eigenvalue weighted by Gasteiger charge is 2.31. The molecule has 1 fully saturated rings. The number of methoxy groups -OCH3 is 1. The Kier molecular flexibility index (Phi) is 8.69. The first-order valence-corrected chi connectivity index (χ1v) is 9.78. The summed E-state index contributed by atoms with van der Waals surface area (Å²) in [5, 5.41) is 1.99. The monoisotopic (exact) mass is 422 g/mol. The predicted octanol–water partition coefficient (Wildman–Crippen LogP) is 3.59. The molecule has 0 saturated carbocycles. The van der Waals surface area contributed by atoms with Crippen LogP contribution in [-0.4, -0.2) is 56.2 Å². The maximum Gasteiger partial charge on any atom is 0.405 e. The van der Waals surface area contributed by atoms with Crippen molar-refractivity contribution in [2.24, 2.45) is 5.92 Å². The fourth-order valence-corrected chi connectivity index (χ4v) is 3.28. The van der Waals surface area contributed by atoms with Crippen molar-refractivity contribution in [1.29, 1.82) is 0 Å². The third-order valence-corrected chi connectivity index (χ3v) is 4.78. The minimum atomic E-state index is -4.39. The van der Waals surface area contributed by atoms with Gasteiger partial charge in [-0.2, -0.15) is 13.2 Å². The Morgan fingerprint density at radius 2 is 2.14 bits per heavy atom. The molecule has 28 heavy (non-hydrogen) atoms. The van der Waals surface area contributed by atoms with Crippen molar-refractivity contribution < 1.29 is 27.4 Å². The van der Waals surface area contributed by atoms with Crippen molar-refractivity contribution in [1.82, 2.24) is 10.2 Å². The highest BCUT2D eigenvalue weighted by Crippen LogP contribution is 2.29. The largest absolute Gasteiger partial charge is 0.493 e. The molecule has 1 saturated heterocycles. The summed E-state index contributed by atoms with van der Waals surface area (Å²) >= 11 is 5.65. The Hall–Kier alpha value is -1.67. The summed E-state index contributed by atoms with van der Waals surface area (Å²) < 4.78 is 47.9. The van der Waals surface area contributed by atoms with Crippen LogP contribution in [-0.2, 0) is 11.3 Å². The first-order chi connectivity index (χ1) is 13.3. The average molecular weight is 423 g/mol. The Balaban J connectivity index is 1.92. The molecule has 9 heteroatoms. The van der Waals surface area contributed by atoms with E-state index in [1.807, 2.05) is 23.5 Å². The molecule has 2 rings (SSSR count). The van der Waals surface area contributed by atoms with Gasteiger partial charge in [-0.3, -0.25) is 9.69 Å². The number of piperidine rings is 1. The number of benzene rings is 1. The van der Waals surface area contributed by atoms with E-state index < -0.39 is 24.5 Å². The molecule has 1 atom stereocenters. The lowest BCUT2D eigenvalue weighted by Gasteiger charge is -2.32. The lowest BCUT2D eigenvalue weighted by atomic mass is 9.96. The SMILES string of the molecule is COc1cc(CN2CCC[C@H](C(=O)NCC(F)(F)F)C2)ccc1OCCCCl. The summed E-state index contributed by atoms with van der Waals surface area (Å²) in [4.78, 5) is 14.1. The Morgan fingerprint density at radius 1 is 1.36 bits per heavy atom. The van der Waals surface area contributed by atoms with E-state index in [9.17, 15) is 18.0 Å². The van der Waals surface area contributed by atoms with E-state index in [-0.39, 0.29) is 0 Å². The number of halogens is 4. The molecule has 5 nitrogen and oxygen atoms in total. The van der Waals surface area contributed by atoms with Crippen LogP contribution in [0, 0.1) is 5.92 Å². The van der Waals surface area contributed by atoms with Crippen LogP contribution in [0.25, 0.3) is 0 Å². The Labute approximate surface area is 168 Å². The van der Waals surface area contributed by atoms with E-state index in [1.54, 1.807) is 7.11 Å². The van der Waals surface area contributed by atoms with Gasteiger partial charge < -0.3 is 14.8 Å². The van der Waals surface area contributed by atoms with E-state index >= 15 is 0 Å². The second-order valence-electron chi connectivity index (χ2n) is 6.78. The van der Waals surface area contributed by atoms with Gasteiger partial charge >= 0.3 is 6.18 Å². The standard InChI is InChI=1S/C19H26ClF3N2O3/c1-27-17-10-14(5-6-16(17)28-9-3-7-20)11-25-8-2-4-15(12-25)18(26)24-13-19(21,22)23/h5-6,10,15H,2-4,7-9,11-13H2,1H3,(H,24,26)/t15-/m0/s1. The van der Waals surface area contributed by atoms with Crippen molar-refractivity contribution in [3.8, 4) is 11.5 Å². The van der Waals surface area contributed by atoms with E-state index in [0.717, 1.165) is 24.9 Å². The number of amides is 1. The molecule has 0 radical (unpaired) electrons. The Bertz CT molecular complexity index is 643. The van der Waals surface area contributed by atoms with Crippen LogP contribution < -0.4 is 14.8 Å². The van der Waals surface area contributed by atoms with Crippen molar-refractivity contribution in [3.05, 3.63) is 23.8 Å². The van der Waals surface area contributed by atoms with E-state index in [4.69, 9.17) is 21.1 Å². The molecule has 158 valence electrons. The number of hydrogen-bond acceptors (Lipinski definition) is 4. The third kappa shape index (κ3) is 7.39. The van der Waals surface area contributed by atoms with Gasteiger partial charge in [0.2, 0.25) is 5.91 Å².